The highest BCUT2D eigenvalue weighted by molar-refractivity contribution is 9.10. The summed E-state index contributed by atoms with van der Waals surface area (Å²) >= 11 is 3.20. The minimum atomic E-state index is -0.316. The highest BCUT2D eigenvalue weighted by atomic mass is 79.9. The Kier molecular flexibility index (Phi) is 4.15. The monoisotopic (exact) mass is 314 g/mol. The number of anilines is 2. The topological polar surface area (TPSA) is 38.0 Å². The van der Waals surface area contributed by atoms with Crippen LogP contribution < -0.4 is 11.1 Å². The van der Waals surface area contributed by atoms with Crippen molar-refractivity contribution in [3.63, 3.8) is 0 Å². The lowest BCUT2D eigenvalue weighted by atomic mass is 9.79. The SMILES string of the molecule is CC1CCC(Nc2cc(Br)c(F)cc2N)CC1C. The lowest BCUT2D eigenvalue weighted by Crippen LogP contribution is -2.30. The lowest BCUT2D eigenvalue weighted by molar-refractivity contribution is 0.261. The van der Waals surface area contributed by atoms with Crippen molar-refractivity contribution in [2.75, 3.05) is 11.1 Å². The molecule has 1 saturated carbocycles. The van der Waals surface area contributed by atoms with E-state index >= 15 is 0 Å². The molecule has 1 fully saturated rings. The molecule has 18 heavy (non-hydrogen) atoms. The Hall–Kier alpha value is -0.770. The van der Waals surface area contributed by atoms with Crippen LogP contribution in [0.25, 0.3) is 0 Å². The van der Waals surface area contributed by atoms with Gasteiger partial charge in [-0.3, -0.25) is 0 Å². The molecule has 1 aliphatic carbocycles. The molecule has 1 aliphatic rings. The summed E-state index contributed by atoms with van der Waals surface area (Å²) in [6.07, 6.45) is 3.54. The molecule has 0 aliphatic heterocycles. The molecule has 0 bridgehead atoms. The number of nitrogens with one attached hydrogen (secondary N) is 1. The van der Waals surface area contributed by atoms with Crippen LogP contribution in [-0.2, 0) is 0 Å². The lowest BCUT2D eigenvalue weighted by Gasteiger charge is -2.33. The average Bonchev–Trinajstić information content (AvgIpc) is 2.31. The largest absolute Gasteiger partial charge is 0.397 e. The van der Waals surface area contributed by atoms with Crippen LogP contribution in [0.1, 0.15) is 33.1 Å². The predicted octanol–water partition coefficient (Wildman–Crippen LogP) is 4.41. The molecule has 3 atom stereocenters. The van der Waals surface area contributed by atoms with Crippen molar-refractivity contribution in [1.82, 2.24) is 0 Å². The Morgan fingerprint density at radius 2 is 2.00 bits per heavy atom. The molecule has 4 heteroatoms. The van der Waals surface area contributed by atoms with Gasteiger partial charge in [-0.1, -0.05) is 13.8 Å². The summed E-state index contributed by atoms with van der Waals surface area (Å²) < 4.78 is 13.8. The molecule has 1 aromatic rings. The highest BCUT2D eigenvalue weighted by Crippen LogP contribution is 2.33. The van der Waals surface area contributed by atoms with Gasteiger partial charge >= 0.3 is 0 Å². The number of nitrogens with two attached hydrogens (primary N) is 1. The maximum absolute atomic E-state index is 13.3. The molecule has 100 valence electrons. The summed E-state index contributed by atoms with van der Waals surface area (Å²) in [7, 11) is 0. The van der Waals surface area contributed by atoms with Gasteiger partial charge in [0.2, 0.25) is 0 Å². The second-order valence-electron chi connectivity index (χ2n) is 5.46. The van der Waals surface area contributed by atoms with E-state index in [2.05, 4.69) is 35.1 Å². The highest BCUT2D eigenvalue weighted by Gasteiger charge is 2.24. The standard InChI is InChI=1S/C14H20BrFN2/c1-8-3-4-10(5-9(8)2)18-14-6-11(15)12(16)7-13(14)17/h6-10,18H,3-5,17H2,1-2H3. The predicted molar refractivity (Wildman–Crippen MR) is 78.1 cm³/mol. The molecule has 3 N–H and O–H groups in total. The number of hydrogen-bond donors (Lipinski definition) is 2. The zero-order valence-electron chi connectivity index (χ0n) is 10.8. The summed E-state index contributed by atoms with van der Waals surface area (Å²) in [6, 6.07) is 3.53. The van der Waals surface area contributed by atoms with Crippen LogP contribution in [0.4, 0.5) is 15.8 Å². The summed E-state index contributed by atoms with van der Waals surface area (Å²) in [5.41, 5.74) is 7.15. The van der Waals surface area contributed by atoms with E-state index in [1.54, 1.807) is 6.07 Å². The quantitative estimate of drug-likeness (QED) is 0.794. The molecule has 0 spiro atoms. The second kappa shape index (κ2) is 5.47. The summed E-state index contributed by atoms with van der Waals surface area (Å²) in [4.78, 5) is 0. The molecule has 0 radical (unpaired) electrons. The van der Waals surface area contributed by atoms with Gasteiger partial charge in [-0.05, 0) is 53.1 Å². The molecule has 2 rings (SSSR count). The van der Waals surface area contributed by atoms with Crippen molar-refractivity contribution in [1.29, 1.82) is 0 Å². The molecule has 2 nitrogen and oxygen atoms in total. The van der Waals surface area contributed by atoms with E-state index in [0.29, 0.717) is 16.2 Å². The van der Waals surface area contributed by atoms with Crippen molar-refractivity contribution in [3.05, 3.63) is 22.4 Å². The average molecular weight is 315 g/mol. The van der Waals surface area contributed by atoms with Crippen molar-refractivity contribution >= 4 is 27.3 Å². The van der Waals surface area contributed by atoms with E-state index in [0.717, 1.165) is 30.4 Å². The Labute approximate surface area is 116 Å². The minimum absolute atomic E-state index is 0.316. The Bertz CT molecular complexity index is 436. The molecular formula is C14H20BrFN2. The van der Waals surface area contributed by atoms with Crippen LogP contribution in [0.2, 0.25) is 0 Å². The molecule has 3 unspecified atom stereocenters. The number of benzene rings is 1. The van der Waals surface area contributed by atoms with Crippen LogP contribution in [-0.4, -0.2) is 6.04 Å². The fourth-order valence-electron chi connectivity index (χ4n) is 2.59. The molecule has 1 aromatic carbocycles. The zero-order chi connectivity index (χ0) is 13.3. The van der Waals surface area contributed by atoms with Crippen LogP contribution in [0.5, 0.6) is 0 Å². The summed E-state index contributed by atoms with van der Waals surface area (Å²) in [5, 5.41) is 3.45. The minimum Gasteiger partial charge on any atom is -0.397 e. The molecule has 0 amide bonds. The van der Waals surface area contributed by atoms with Crippen LogP contribution in [0, 0.1) is 17.7 Å². The van der Waals surface area contributed by atoms with Crippen molar-refractivity contribution in [3.8, 4) is 0 Å². The molecular weight excluding hydrogens is 295 g/mol. The maximum Gasteiger partial charge on any atom is 0.139 e. The van der Waals surface area contributed by atoms with E-state index in [9.17, 15) is 4.39 Å². The smallest absolute Gasteiger partial charge is 0.139 e. The maximum atomic E-state index is 13.3. The van der Waals surface area contributed by atoms with Gasteiger partial charge in [0.25, 0.3) is 0 Å². The number of hydrogen-bond acceptors (Lipinski definition) is 2. The number of nitrogen functional groups attached to an aromatic ring is 1. The van der Waals surface area contributed by atoms with E-state index in [4.69, 9.17) is 5.73 Å². The number of rotatable bonds is 2. The van der Waals surface area contributed by atoms with Crippen molar-refractivity contribution in [2.45, 2.75) is 39.2 Å². The van der Waals surface area contributed by atoms with E-state index < -0.39 is 0 Å². The van der Waals surface area contributed by atoms with Gasteiger partial charge in [0, 0.05) is 12.1 Å². The summed E-state index contributed by atoms with van der Waals surface area (Å²) in [5.74, 6) is 1.20. The normalized spacial score (nSPS) is 28.1. The summed E-state index contributed by atoms with van der Waals surface area (Å²) in [6.45, 7) is 4.60. The van der Waals surface area contributed by atoms with Gasteiger partial charge in [0.05, 0.1) is 15.8 Å². The second-order valence-corrected chi connectivity index (χ2v) is 6.32. The molecule has 0 saturated heterocycles. The van der Waals surface area contributed by atoms with Crippen molar-refractivity contribution < 1.29 is 4.39 Å². The van der Waals surface area contributed by atoms with Crippen LogP contribution in [0.15, 0.2) is 16.6 Å². The first kappa shape index (κ1) is 13.7. The van der Waals surface area contributed by atoms with E-state index in [1.807, 2.05) is 0 Å². The van der Waals surface area contributed by atoms with Gasteiger partial charge in [-0.15, -0.1) is 0 Å². The third-order valence-electron chi connectivity index (χ3n) is 4.05. The Balaban J connectivity index is 2.08. The van der Waals surface area contributed by atoms with Gasteiger partial charge in [0.1, 0.15) is 5.82 Å². The van der Waals surface area contributed by atoms with Gasteiger partial charge < -0.3 is 11.1 Å². The van der Waals surface area contributed by atoms with E-state index in [-0.39, 0.29) is 5.82 Å². The molecule has 0 heterocycles. The first-order valence-electron chi connectivity index (χ1n) is 6.48. The van der Waals surface area contributed by atoms with Crippen molar-refractivity contribution in [2.24, 2.45) is 11.8 Å². The van der Waals surface area contributed by atoms with E-state index in [1.165, 1.54) is 12.5 Å². The fraction of sp³-hybridized carbons (Fsp3) is 0.571. The Morgan fingerprint density at radius 1 is 1.28 bits per heavy atom. The van der Waals surface area contributed by atoms with Gasteiger partial charge in [-0.25, -0.2) is 4.39 Å². The molecule has 0 aromatic heterocycles. The fourth-order valence-corrected chi connectivity index (χ4v) is 2.93. The van der Waals surface area contributed by atoms with Crippen LogP contribution in [0.3, 0.4) is 0 Å². The van der Waals surface area contributed by atoms with Gasteiger partial charge in [-0.2, -0.15) is 0 Å². The zero-order valence-corrected chi connectivity index (χ0v) is 12.4. The first-order chi connectivity index (χ1) is 8.47. The third kappa shape index (κ3) is 2.97. The third-order valence-corrected chi connectivity index (χ3v) is 4.66. The number of halogens is 2. The van der Waals surface area contributed by atoms with Gasteiger partial charge in [0.15, 0.2) is 0 Å². The Morgan fingerprint density at radius 3 is 2.67 bits per heavy atom. The van der Waals surface area contributed by atoms with Crippen LogP contribution >= 0.6 is 15.9 Å². The first-order valence-corrected chi connectivity index (χ1v) is 7.27.